The number of fused-ring (bicyclic) bond motifs is 1. The molecule has 5 heteroatoms. The molecule has 3 unspecified atom stereocenters. The Morgan fingerprint density at radius 2 is 2.00 bits per heavy atom. The van der Waals surface area contributed by atoms with Gasteiger partial charge in [-0.2, -0.15) is 0 Å². The second-order valence-electron chi connectivity index (χ2n) is 6.84. The zero-order valence-electron chi connectivity index (χ0n) is 14.5. The summed E-state index contributed by atoms with van der Waals surface area (Å²) < 4.78 is 26.3. The average Bonchev–Trinajstić information content (AvgIpc) is 3.33. The second-order valence-corrected chi connectivity index (χ2v) is 7.69. The summed E-state index contributed by atoms with van der Waals surface area (Å²) in [6.07, 6.45) is 2.15. The number of rotatable bonds is 5. The van der Waals surface area contributed by atoms with Crippen LogP contribution in [0.15, 0.2) is 40.9 Å². The number of halogens is 2. The number of benzene rings is 2. The summed E-state index contributed by atoms with van der Waals surface area (Å²) in [7, 11) is 0. The van der Waals surface area contributed by atoms with E-state index in [4.69, 9.17) is 9.47 Å². The molecule has 2 aromatic carbocycles. The van der Waals surface area contributed by atoms with Gasteiger partial charge in [-0.1, -0.05) is 28.1 Å². The van der Waals surface area contributed by atoms with Crippen LogP contribution in [-0.4, -0.2) is 12.6 Å². The normalized spacial score (nSPS) is 23.4. The lowest BCUT2D eigenvalue weighted by atomic mass is 10.1. The van der Waals surface area contributed by atoms with E-state index in [0.29, 0.717) is 12.2 Å². The Morgan fingerprint density at radius 3 is 2.73 bits per heavy atom. The van der Waals surface area contributed by atoms with Gasteiger partial charge < -0.3 is 9.47 Å². The van der Waals surface area contributed by atoms with Crippen LogP contribution in [0.4, 0.5) is 4.39 Å². The zero-order chi connectivity index (χ0) is 18.3. The van der Waals surface area contributed by atoms with Crippen LogP contribution in [0.2, 0.25) is 0 Å². The van der Waals surface area contributed by atoms with E-state index in [-0.39, 0.29) is 29.7 Å². The summed E-state index contributed by atoms with van der Waals surface area (Å²) in [5, 5.41) is 0. The first-order valence-electron chi connectivity index (χ1n) is 8.98. The number of esters is 1. The molecule has 3 nitrogen and oxygen atoms in total. The van der Waals surface area contributed by atoms with E-state index in [1.807, 2.05) is 31.2 Å². The molecule has 0 saturated heterocycles. The average molecular weight is 419 g/mol. The molecule has 0 N–H and O–H groups in total. The Morgan fingerprint density at radius 1 is 1.23 bits per heavy atom. The third-order valence-electron chi connectivity index (χ3n) is 5.19. The molecule has 2 aliphatic rings. The fraction of sp³-hybridized carbons (Fsp3) is 0.381. The first kappa shape index (κ1) is 17.5. The van der Waals surface area contributed by atoms with E-state index in [1.54, 1.807) is 6.07 Å². The van der Waals surface area contributed by atoms with E-state index in [9.17, 15) is 9.18 Å². The summed E-state index contributed by atoms with van der Waals surface area (Å²) >= 11 is 3.50. The molecule has 0 aromatic heterocycles. The molecule has 0 aliphatic heterocycles. The van der Waals surface area contributed by atoms with Crippen molar-refractivity contribution in [1.29, 1.82) is 0 Å². The lowest BCUT2D eigenvalue weighted by Crippen LogP contribution is -2.07. The Balaban J connectivity index is 1.44. The minimum Gasteiger partial charge on any atom is -0.486 e. The molecule has 4 rings (SSSR count). The van der Waals surface area contributed by atoms with Crippen LogP contribution in [0, 0.1) is 11.7 Å². The number of hydrogen-bond donors (Lipinski definition) is 0. The van der Waals surface area contributed by atoms with Crippen LogP contribution < -0.4 is 4.74 Å². The third-order valence-corrected chi connectivity index (χ3v) is 5.93. The number of hydrogen-bond acceptors (Lipinski definition) is 3. The van der Waals surface area contributed by atoms with Crippen molar-refractivity contribution < 1.29 is 18.7 Å². The highest BCUT2D eigenvalue weighted by molar-refractivity contribution is 9.10. The van der Waals surface area contributed by atoms with Crippen LogP contribution >= 0.6 is 15.9 Å². The maximum atomic E-state index is 14.2. The van der Waals surface area contributed by atoms with Gasteiger partial charge in [0.15, 0.2) is 0 Å². The van der Waals surface area contributed by atoms with Crippen molar-refractivity contribution in [2.75, 3.05) is 6.61 Å². The minimum absolute atomic E-state index is 0.0186. The van der Waals surface area contributed by atoms with Gasteiger partial charge in [-0.25, -0.2) is 4.39 Å². The predicted molar refractivity (Wildman–Crippen MR) is 99.7 cm³/mol. The van der Waals surface area contributed by atoms with Crippen molar-refractivity contribution in [3.05, 3.63) is 63.4 Å². The van der Waals surface area contributed by atoms with Gasteiger partial charge in [0.25, 0.3) is 0 Å². The fourth-order valence-electron chi connectivity index (χ4n) is 3.78. The molecule has 0 spiro atoms. The van der Waals surface area contributed by atoms with Gasteiger partial charge in [-0.3, -0.25) is 4.79 Å². The summed E-state index contributed by atoms with van der Waals surface area (Å²) in [6, 6.07) is 11.0. The van der Waals surface area contributed by atoms with Crippen molar-refractivity contribution in [3.8, 4) is 5.75 Å². The van der Waals surface area contributed by atoms with Gasteiger partial charge in [0, 0.05) is 10.0 Å². The second kappa shape index (κ2) is 7.03. The highest BCUT2D eigenvalue weighted by Gasteiger charge is 2.45. The molecule has 1 fully saturated rings. The van der Waals surface area contributed by atoms with Gasteiger partial charge in [-0.05, 0) is 67.5 Å². The van der Waals surface area contributed by atoms with Crippen molar-refractivity contribution in [2.45, 2.75) is 38.2 Å². The summed E-state index contributed by atoms with van der Waals surface area (Å²) in [6.45, 7) is 2.24. The molecule has 136 valence electrons. The highest BCUT2D eigenvalue weighted by Crippen LogP contribution is 2.48. The molecule has 1 saturated carbocycles. The van der Waals surface area contributed by atoms with Gasteiger partial charge in [0.2, 0.25) is 0 Å². The highest BCUT2D eigenvalue weighted by atomic mass is 79.9. The molecule has 0 radical (unpaired) electrons. The molecule has 2 aromatic rings. The molecular weight excluding hydrogens is 399 g/mol. The van der Waals surface area contributed by atoms with Crippen LogP contribution in [0.25, 0.3) is 0 Å². The number of carbonyl (C=O) groups excluding carboxylic acids is 1. The first-order valence-corrected chi connectivity index (χ1v) is 9.77. The van der Waals surface area contributed by atoms with Crippen molar-refractivity contribution in [1.82, 2.24) is 0 Å². The Bertz CT molecular complexity index is 834. The minimum atomic E-state index is -0.262. The Kier molecular flexibility index (Phi) is 4.74. The number of ether oxygens (including phenoxy) is 2. The van der Waals surface area contributed by atoms with Crippen LogP contribution in [0.5, 0.6) is 5.75 Å². The van der Waals surface area contributed by atoms with Crippen molar-refractivity contribution in [3.63, 3.8) is 0 Å². The van der Waals surface area contributed by atoms with Gasteiger partial charge in [0.05, 0.1) is 12.5 Å². The summed E-state index contributed by atoms with van der Waals surface area (Å²) in [5.41, 5.74) is 2.78. The summed E-state index contributed by atoms with van der Waals surface area (Å²) in [4.78, 5) is 11.8. The van der Waals surface area contributed by atoms with Crippen molar-refractivity contribution >= 4 is 21.9 Å². The van der Waals surface area contributed by atoms with Gasteiger partial charge >= 0.3 is 5.97 Å². The lowest BCUT2D eigenvalue weighted by Gasteiger charge is -2.16. The Labute approximate surface area is 160 Å². The molecule has 2 aliphatic carbocycles. The molecule has 26 heavy (non-hydrogen) atoms. The molecule has 3 atom stereocenters. The topological polar surface area (TPSA) is 35.5 Å². The molecule has 0 heterocycles. The van der Waals surface area contributed by atoms with Gasteiger partial charge in [0.1, 0.15) is 17.7 Å². The van der Waals surface area contributed by atoms with Gasteiger partial charge in [-0.15, -0.1) is 0 Å². The summed E-state index contributed by atoms with van der Waals surface area (Å²) in [5.74, 6) is 0.622. The SMILES string of the molecule is CCOC(=O)C1CC1c1ccc(OC2CCc3c(Br)ccc(F)c32)cc1. The van der Waals surface area contributed by atoms with Crippen LogP contribution in [0.1, 0.15) is 48.5 Å². The monoisotopic (exact) mass is 418 g/mol. The predicted octanol–water partition coefficient (Wildman–Crippen LogP) is 5.32. The Hall–Kier alpha value is -1.88. The zero-order valence-corrected chi connectivity index (χ0v) is 16.1. The van der Waals surface area contributed by atoms with E-state index in [2.05, 4.69) is 15.9 Å². The van der Waals surface area contributed by atoms with E-state index in [0.717, 1.165) is 40.6 Å². The van der Waals surface area contributed by atoms with E-state index < -0.39 is 0 Å². The molecule has 0 bridgehead atoms. The number of carbonyl (C=O) groups is 1. The largest absolute Gasteiger partial charge is 0.486 e. The maximum absolute atomic E-state index is 14.2. The first-order chi connectivity index (χ1) is 12.6. The standard InChI is InChI=1S/C21H20BrFO3/c1-2-25-21(24)16-11-15(16)12-3-5-13(6-4-12)26-19-10-7-14-17(22)8-9-18(23)20(14)19/h3-6,8-9,15-16,19H,2,7,10-11H2,1H3. The van der Waals surface area contributed by atoms with Crippen molar-refractivity contribution in [2.24, 2.45) is 5.92 Å². The third kappa shape index (κ3) is 3.25. The van der Waals surface area contributed by atoms with E-state index >= 15 is 0 Å². The lowest BCUT2D eigenvalue weighted by molar-refractivity contribution is -0.144. The fourth-order valence-corrected chi connectivity index (χ4v) is 4.32. The smallest absolute Gasteiger partial charge is 0.309 e. The van der Waals surface area contributed by atoms with Crippen LogP contribution in [0.3, 0.4) is 0 Å². The molecule has 0 amide bonds. The quantitative estimate of drug-likeness (QED) is 0.616. The van der Waals surface area contributed by atoms with E-state index in [1.165, 1.54) is 6.07 Å². The molecular formula is C21H20BrFO3. The van der Waals surface area contributed by atoms with Crippen LogP contribution in [-0.2, 0) is 16.0 Å². The maximum Gasteiger partial charge on any atom is 0.309 e.